The van der Waals surface area contributed by atoms with Crippen LogP contribution in [0, 0.1) is 5.95 Å². The Balaban J connectivity index is 2.24. The van der Waals surface area contributed by atoms with Gasteiger partial charge in [-0.3, -0.25) is 4.79 Å². The van der Waals surface area contributed by atoms with E-state index in [1.807, 2.05) is 0 Å². The number of nitrogens with zero attached hydrogens (tertiary/aromatic N) is 2. The Morgan fingerprint density at radius 1 is 1.58 bits per heavy atom. The van der Waals surface area contributed by atoms with Gasteiger partial charge in [-0.2, -0.15) is 4.39 Å². The van der Waals surface area contributed by atoms with E-state index in [2.05, 4.69) is 4.98 Å². The molecule has 0 bridgehead atoms. The van der Waals surface area contributed by atoms with Gasteiger partial charge in [-0.1, -0.05) is 0 Å². The summed E-state index contributed by atoms with van der Waals surface area (Å²) in [5, 5.41) is 9.11. The molecule has 0 spiro atoms. The summed E-state index contributed by atoms with van der Waals surface area (Å²) in [5.41, 5.74) is 0.0792. The minimum atomic E-state index is -1.09. The van der Waals surface area contributed by atoms with Crippen molar-refractivity contribution >= 4 is 11.9 Å². The number of methoxy groups -OCH3 is 1. The highest BCUT2D eigenvalue weighted by Crippen LogP contribution is 2.22. The minimum Gasteiger partial charge on any atom is -0.480 e. The summed E-state index contributed by atoms with van der Waals surface area (Å²) in [6, 6.07) is 1.39. The summed E-state index contributed by atoms with van der Waals surface area (Å²) >= 11 is 0. The Bertz CT molecular complexity index is 508. The van der Waals surface area contributed by atoms with Crippen LogP contribution >= 0.6 is 0 Å². The van der Waals surface area contributed by atoms with Crippen LogP contribution in [0.1, 0.15) is 16.8 Å². The summed E-state index contributed by atoms with van der Waals surface area (Å²) in [6.45, 7) is 0.177. The molecule has 1 aliphatic heterocycles. The third kappa shape index (κ3) is 2.70. The van der Waals surface area contributed by atoms with Crippen LogP contribution in [-0.2, 0) is 9.53 Å². The van der Waals surface area contributed by atoms with Crippen molar-refractivity contribution in [3.05, 3.63) is 29.8 Å². The van der Waals surface area contributed by atoms with Crippen LogP contribution in [0.4, 0.5) is 4.39 Å². The lowest BCUT2D eigenvalue weighted by Crippen LogP contribution is -2.40. The number of amides is 1. The Labute approximate surface area is 108 Å². The van der Waals surface area contributed by atoms with Gasteiger partial charge in [0.15, 0.2) is 0 Å². The van der Waals surface area contributed by atoms with Gasteiger partial charge in [0.05, 0.1) is 6.10 Å². The number of carbonyl (C=O) groups is 2. The molecule has 1 saturated heterocycles. The molecule has 2 rings (SSSR count). The summed E-state index contributed by atoms with van der Waals surface area (Å²) < 4.78 is 18.1. The number of carboxylic acids is 1. The highest BCUT2D eigenvalue weighted by molar-refractivity contribution is 5.96. The molecule has 0 radical (unpaired) electrons. The van der Waals surface area contributed by atoms with E-state index in [-0.39, 0.29) is 24.6 Å². The molecule has 0 aromatic carbocycles. The van der Waals surface area contributed by atoms with Crippen LogP contribution in [0.25, 0.3) is 0 Å². The van der Waals surface area contributed by atoms with Crippen molar-refractivity contribution in [2.75, 3.05) is 13.7 Å². The van der Waals surface area contributed by atoms with Gasteiger partial charge >= 0.3 is 5.97 Å². The first-order valence-corrected chi connectivity index (χ1v) is 5.71. The lowest BCUT2D eigenvalue weighted by atomic mass is 10.2. The molecule has 0 saturated carbocycles. The standard InChI is InChI=1S/C12H13FN2O4/c1-19-8-5-9(12(17)18)15(6-8)11(16)7-2-3-14-10(13)4-7/h2-4,8-9H,5-6H2,1H3,(H,17,18). The summed E-state index contributed by atoms with van der Waals surface area (Å²) in [7, 11) is 1.46. The summed E-state index contributed by atoms with van der Waals surface area (Å²) in [4.78, 5) is 27.9. The SMILES string of the molecule is COC1CC(C(=O)O)N(C(=O)c2ccnc(F)c2)C1. The fraction of sp³-hybridized carbons (Fsp3) is 0.417. The van der Waals surface area contributed by atoms with E-state index in [9.17, 15) is 14.0 Å². The number of likely N-dealkylation sites (tertiary alicyclic amines) is 1. The number of hydrogen-bond acceptors (Lipinski definition) is 4. The van der Waals surface area contributed by atoms with Gasteiger partial charge in [0.2, 0.25) is 5.95 Å². The molecular formula is C12H13FN2O4. The second-order valence-electron chi connectivity index (χ2n) is 4.27. The van der Waals surface area contributed by atoms with Crippen molar-refractivity contribution in [3.63, 3.8) is 0 Å². The first kappa shape index (κ1) is 13.4. The average Bonchev–Trinajstić information content (AvgIpc) is 2.82. The summed E-state index contributed by atoms with van der Waals surface area (Å²) in [6.07, 6.45) is 1.07. The predicted octanol–water partition coefficient (Wildman–Crippen LogP) is 0.535. The van der Waals surface area contributed by atoms with Gasteiger partial charge in [-0.15, -0.1) is 0 Å². The molecule has 6 nitrogen and oxygen atoms in total. The zero-order valence-electron chi connectivity index (χ0n) is 10.2. The zero-order chi connectivity index (χ0) is 14.0. The lowest BCUT2D eigenvalue weighted by molar-refractivity contribution is -0.141. The maximum absolute atomic E-state index is 13.0. The molecule has 0 aliphatic carbocycles. The average molecular weight is 268 g/mol. The van der Waals surface area contributed by atoms with E-state index in [1.54, 1.807) is 0 Å². The number of ether oxygens (including phenoxy) is 1. The van der Waals surface area contributed by atoms with E-state index in [1.165, 1.54) is 24.3 Å². The quantitative estimate of drug-likeness (QED) is 0.809. The number of carboxylic acid groups (broad SMARTS) is 1. The first-order valence-electron chi connectivity index (χ1n) is 5.71. The Morgan fingerprint density at radius 3 is 2.89 bits per heavy atom. The maximum Gasteiger partial charge on any atom is 0.326 e. The number of carbonyl (C=O) groups excluding carboxylic acids is 1. The van der Waals surface area contributed by atoms with Crippen molar-refractivity contribution in [2.24, 2.45) is 0 Å². The smallest absolute Gasteiger partial charge is 0.326 e. The molecule has 2 atom stereocenters. The zero-order valence-corrected chi connectivity index (χ0v) is 10.2. The third-order valence-corrected chi connectivity index (χ3v) is 3.12. The maximum atomic E-state index is 13.0. The molecular weight excluding hydrogens is 255 g/mol. The largest absolute Gasteiger partial charge is 0.480 e. The second-order valence-corrected chi connectivity index (χ2v) is 4.27. The van der Waals surface area contributed by atoms with Crippen molar-refractivity contribution in [1.29, 1.82) is 0 Å². The van der Waals surface area contributed by atoms with Crippen molar-refractivity contribution < 1.29 is 23.8 Å². The molecule has 19 heavy (non-hydrogen) atoms. The minimum absolute atomic E-state index is 0.0792. The molecule has 2 unspecified atom stereocenters. The highest BCUT2D eigenvalue weighted by atomic mass is 19.1. The number of pyridine rings is 1. The molecule has 102 valence electrons. The Kier molecular flexibility index (Phi) is 3.75. The molecule has 1 aliphatic rings. The molecule has 2 heterocycles. The molecule has 1 N–H and O–H groups in total. The second kappa shape index (κ2) is 5.31. The normalized spacial score (nSPS) is 22.5. The first-order chi connectivity index (χ1) is 9.02. The van der Waals surface area contributed by atoms with Crippen molar-refractivity contribution in [2.45, 2.75) is 18.6 Å². The van der Waals surface area contributed by atoms with Crippen molar-refractivity contribution in [3.8, 4) is 0 Å². The van der Waals surface area contributed by atoms with E-state index in [0.717, 1.165) is 6.07 Å². The van der Waals surface area contributed by atoms with E-state index in [4.69, 9.17) is 9.84 Å². The van der Waals surface area contributed by atoms with Gasteiger partial charge in [-0.25, -0.2) is 9.78 Å². The lowest BCUT2D eigenvalue weighted by Gasteiger charge is -2.21. The van der Waals surface area contributed by atoms with Gasteiger partial charge < -0.3 is 14.7 Å². The topological polar surface area (TPSA) is 79.7 Å². The third-order valence-electron chi connectivity index (χ3n) is 3.12. The van der Waals surface area contributed by atoms with Crippen LogP contribution in [0.5, 0.6) is 0 Å². The van der Waals surface area contributed by atoms with Crippen LogP contribution in [0.2, 0.25) is 0 Å². The summed E-state index contributed by atoms with van der Waals surface area (Å²) in [5.74, 6) is -2.41. The fourth-order valence-corrected chi connectivity index (χ4v) is 2.13. The number of rotatable bonds is 3. The van der Waals surface area contributed by atoms with Gasteiger partial charge in [0.1, 0.15) is 6.04 Å². The van der Waals surface area contributed by atoms with Crippen LogP contribution in [0.3, 0.4) is 0 Å². The van der Waals surface area contributed by atoms with E-state index < -0.39 is 23.9 Å². The predicted molar refractivity (Wildman–Crippen MR) is 62.1 cm³/mol. The van der Waals surface area contributed by atoms with Gasteiger partial charge in [0.25, 0.3) is 5.91 Å². The highest BCUT2D eigenvalue weighted by Gasteiger charge is 2.40. The molecule has 1 aromatic heterocycles. The Hall–Kier alpha value is -2.02. The van der Waals surface area contributed by atoms with Gasteiger partial charge in [0, 0.05) is 37.9 Å². The fourth-order valence-electron chi connectivity index (χ4n) is 2.13. The van der Waals surface area contributed by atoms with Crippen molar-refractivity contribution in [1.82, 2.24) is 9.88 Å². The van der Waals surface area contributed by atoms with Crippen LogP contribution in [0.15, 0.2) is 18.3 Å². The molecule has 7 heteroatoms. The molecule has 1 fully saturated rings. The molecule has 1 aromatic rings. The number of aliphatic carboxylic acids is 1. The number of halogens is 1. The number of aromatic nitrogens is 1. The van der Waals surface area contributed by atoms with E-state index in [0.29, 0.717) is 0 Å². The van der Waals surface area contributed by atoms with Crippen LogP contribution in [-0.4, -0.2) is 52.7 Å². The number of hydrogen-bond donors (Lipinski definition) is 1. The van der Waals surface area contributed by atoms with Crippen LogP contribution < -0.4 is 0 Å². The molecule has 1 amide bonds. The Morgan fingerprint density at radius 2 is 2.32 bits per heavy atom. The monoisotopic (exact) mass is 268 g/mol. The van der Waals surface area contributed by atoms with Gasteiger partial charge in [-0.05, 0) is 6.07 Å². The van der Waals surface area contributed by atoms with E-state index >= 15 is 0 Å².